The minimum absolute atomic E-state index is 0.563. The number of rotatable bonds is 6. The van der Waals surface area contributed by atoms with E-state index in [0.29, 0.717) is 6.04 Å². The van der Waals surface area contributed by atoms with Gasteiger partial charge in [-0.25, -0.2) is 0 Å². The van der Waals surface area contributed by atoms with Crippen LogP contribution in [-0.4, -0.2) is 24.6 Å². The fraction of sp³-hybridized carbons (Fsp3) is 0.600. The smallest absolute Gasteiger partial charge is 0.125 e. The summed E-state index contributed by atoms with van der Waals surface area (Å²) in [7, 11) is 1.71. The van der Waals surface area contributed by atoms with Crippen molar-refractivity contribution in [2.24, 2.45) is 5.92 Å². The third-order valence-corrected chi connectivity index (χ3v) is 3.60. The molecule has 0 heterocycles. The minimum atomic E-state index is 0.563. The van der Waals surface area contributed by atoms with Gasteiger partial charge in [0, 0.05) is 36.4 Å². The minimum Gasteiger partial charge on any atom is -0.496 e. The van der Waals surface area contributed by atoms with E-state index in [-0.39, 0.29) is 0 Å². The van der Waals surface area contributed by atoms with Crippen LogP contribution in [0.25, 0.3) is 0 Å². The van der Waals surface area contributed by atoms with Gasteiger partial charge >= 0.3 is 0 Å². The zero-order chi connectivity index (χ0) is 13.1. The van der Waals surface area contributed by atoms with Gasteiger partial charge < -0.3 is 10.5 Å². The summed E-state index contributed by atoms with van der Waals surface area (Å²) in [6, 6.07) is 6.50. The highest BCUT2D eigenvalue weighted by molar-refractivity contribution is 5.48. The van der Waals surface area contributed by atoms with Crippen LogP contribution >= 0.6 is 0 Å². The standard InChI is InChI=1S/C15H24N2O/c1-11(2)17(9-12-4-5-12)10-13-6-7-14(16)8-15(13)18-3/h6-8,11-12H,4-5,9-10,16H2,1-3H3. The van der Waals surface area contributed by atoms with E-state index in [9.17, 15) is 0 Å². The lowest BCUT2D eigenvalue weighted by atomic mass is 10.1. The first-order valence-electron chi connectivity index (χ1n) is 6.76. The first kappa shape index (κ1) is 13.2. The molecule has 0 aromatic heterocycles. The van der Waals surface area contributed by atoms with Gasteiger partial charge in [-0.1, -0.05) is 6.07 Å². The second-order valence-corrected chi connectivity index (χ2v) is 5.54. The zero-order valence-corrected chi connectivity index (χ0v) is 11.6. The number of ether oxygens (including phenoxy) is 1. The van der Waals surface area contributed by atoms with Crippen molar-refractivity contribution in [2.75, 3.05) is 19.4 Å². The van der Waals surface area contributed by atoms with Crippen molar-refractivity contribution in [1.82, 2.24) is 4.90 Å². The maximum atomic E-state index is 5.79. The molecule has 1 aromatic carbocycles. The maximum Gasteiger partial charge on any atom is 0.125 e. The van der Waals surface area contributed by atoms with Crippen LogP contribution in [0.1, 0.15) is 32.3 Å². The van der Waals surface area contributed by atoms with Crippen molar-refractivity contribution in [3.05, 3.63) is 23.8 Å². The Hall–Kier alpha value is -1.22. The number of nitrogen functional groups attached to an aromatic ring is 1. The van der Waals surface area contributed by atoms with Crippen LogP contribution in [0.5, 0.6) is 5.75 Å². The van der Waals surface area contributed by atoms with E-state index in [1.807, 2.05) is 12.1 Å². The van der Waals surface area contributed by atoms with Gasteiger partial charge in [0.1, 0.15) is 5.75 Å². The van der Waals surface area contributed by atoms with E-state index in [1.165, 1.54) is 24.9 Å². The van der Waals surface area contributed by atoms with Gasteiger partial charge in [-0.05, 0) is 38.7 Å². The molecule has 3 nitrogen and oxygen atoms in total. The number of hydrogen-bond acceptors (Lipinski definition) is 3. The second kappa shape index (κ2) is 5.61. The first-order valence-corrected chi connectivity index (χ1v) is 6.76. The Balaban J connectivity index is 2.09. The summed E-state index contributed by atoms with van der Waals surface area (Å²) in [5.41, 5.74) is 7.77. The van der Waals surface area contributed by atoms with Crippen molar-refractivity contribution in [3.63, 3.8) is 0 Å². The third kappa shape index (κ3) is 3.39. The lowest BCUT2D eigenvalue weighted by Gasteiger charge is -2.27. The van der Waals surface area contributed by atoms with Crippen LogP contribution in [0.2, 0.25) is 0 Å². The van der Waals surface area contributed by atoms with E-state index >= 15 is 0 Å². The fourth-order valence-electron chi connectivity index (χ4n) is 2.20. The molecule has 100 valence electrons. The SMILES string of the molecule is COc1cc(N)ccc1CN(CC1CC1)C(C)C. The van der Waals surface area contributed by atoms with Crippen LogP contribution in [-0.2, 0) is 6.54 Å². The fourth-order valence-corrected chi connectivity index (χ4v) is 2.20. The molecule has 1 aliphatic carbocycles. The zero-order valence-electron chi connectivity index (χ0n) is 11.6. The molecule has 1 saturated carbocycles. The van der Waals surface area contributed by atoms with E-state index in [0.717, 1.165) is 23.9 Å². The largest absolute Gasteiger partial charge is 0.496 e. The Kier molecular flexibility index (Phi) is 4.12. The number of nitrogens with two attached hydrogens (primary N) is 1. The van der Waals surface area contributed by atoms with Crippen LogP contribution in [0.3, 0.4) is 0 Å². The second-order valence-electron chi connectivity index (χ2n) is 5.54. The molecule has 1 aromatic rings. The lowest BCUT2D eigenvalue weighted by molar-refractivity contribution is 0.201. The van der Waals surface area contributed by atoms with Crippen LogP contribution in [0, 0.1) is 5.92 Å². The number of hydrogen-bond donors (Lipinski definition) is 1. The van der Waals surface area contributed by atoms with Gasteiger partial charge in [-0.15, -0.1) is 0 Å². The maximum absolute atomic E-state index is 5.79. The van der Waals surface area contributed by atoms with Gasteiger partial charge in [0.25, 0.3) is 0 Å². The Bertz CT molecular complexity index is 399. The number of nitrogens with zero attached hydrogens (tertiary/aromatic N) is 1. The monoisotopic (exact) mass is 248 g/mol. The van der Waals surface area contributed by atoms with Gasteiger partial charge in [-0.3, -0.25) is 4.90 Å². The molecule has 0 atom stereocenters. The molecule has 0 unspecified atom stereocenters. The molecular formula is C15H24N2O. The van der Waals surface area contributed by atoms with Crippen LogP contribution in [0.15, 0.2) is 18.2 Å². The number of benzene rings is 1. The van der Waals surface area contributed by atoms with Gasteiger partial charge in [-0.2, -0.15) is 0 Å². The van der Waals surface area contributed by atoms with E-state index in [2.05, 4.69) is 24.8 Å². The van der Waals surface area contributed by atoms with E-state index in [4.69, 9.17) is 10.5 Å². The summed E-state index contributed by atoms with van der Waals surface area (Å²) < 4.78 is 5.42. The summed E-state index contributed by atoms with van der Waals surface area (Å²) in [5, 5.41) is 0. The molecule has 2 rings (SSSR count). The van der Waals surface area contributed by atoms with E-state index in [1.54, 1.807) is 7.11 Å². The summed E-state index contributed by atoms with van der Waals surface area (Å²) in [6.07, 6.45) is 2.78. The topological polar surface area (TPSA) is 38.5 Å². The van der Waals surface area contributed by atoms with Gasteiger partial charge in [0.15, 0.2) is 0 Å². The normalized spacial score (nSPS) is 15.4. The highest BCUT2D eigenvalue weighted by Gasteiger charge is 2.25. The Morgan fingerprint density at radius 1 is 1.39 bits per heavy atom. The highest BCUT2D eigenvalue weighted by Crippen LogP contribution is 2.32. The molecule has 2 N–H and O–H groups in total. The number of anilines is 1. The predicted octanol–water partition coefficient (Wildman–Crippen LogP) is 2.90. The molecule has 1 fully saturated rings. The van der Waals surface area contributed by atoms with Gasteiger partial charge in [0.05, 0.1) is 7.11 Å². The van der Waals surface area contributed by atoms with Crippen molar-refractivity contribution in [1.29, 1.82) is 0 Å². The molecule has 0 aliphatic heterocycles. The summed E-state index contributed by atoms with van der Waals surface area (Å²) >= 11 is 0. The van der Waals surface area contributed by atoms with Crippen LogP contribution in [0.4, 0.5) is 5.69 Å². The van der Waals surface area contributed by atoms with Crippen LogP contribution < -0.4 is 10.5 Å². The lowest BCUT2D eigenvalue weighted by Crippen LogP contribution is -2.32. The van der Waals surface area contributed by atoms with Crippen molar-refractivity contribution < 1.29 is 4.74 Å². The number of methoxy groups -OCH3 is 1. The summed E-state index contributed by atoms with van der Waals surface area (Å²) in [6.45, 7) is 6.65. The molecular weight excluding hydrogens is 224 g/mol. The van der Waals surface area contributed by atoms with Crippen molar-refractivity contribution in [2.45, 2.75) is 39.3 Å². The Morgan fingerprint density at radius 2 is 2.11 bits per heavy atom. The third-order valence-electron chi connectivity index (χ3n) is 3.60. The molecule has 0 saturated heterocycles. The Labute approximate surface area is 110 Å². The Morgan fingerprint density at radius 3 is 2.67 bits per heavy atom. The predicted molar refractivity (Wildman–Crippen MR) is 75.7 cm³/mol. The molecule has 0 bridgehead atoms. The van der Waals surface area contributed by atoms with Crippen molar-refractivity contribution in [3.8, 4) is 5.75 Å². The van der Waals surface area contributed by atoms with Gasteiger partial charge in [0.2, 0.25) is 0 Å². The first-order chi connectivity index (χ1) is 8.60. The summed E-state index contributed by atoms with van der Waals surface area (Å²) in [5.74, 6) is 1.81. The van der Waals surface area contributed by atoms with Crippen molar-refractivity contribution >= 4 is 5.69 Å². The van der Waals surface area contributed by atoms with E-state index < -0.39 is 0 Å². The molecule has 0 spiro atoms. The molecule has 1 aliphatic rings. The highest BCUT2D eigenvalue weighted by atomic mass is 16.5. The molecule has 0 radical (unpaired) electrons. The molecule has 0 amide bonds. The molecule has 3 heteroatoms. The quantitative estimate of drug-likeness (QED) is 0.787. The average molecular weight is 248 g/mol. The molecule has 18 heavy (non-hydrogen) atoms. The summed E-state index contributed by atoms with van der Waals surface area (Å²) in [4.78, 5) is 2.52. The average Bonchev–Trinajstić information content (AvgIpc) is 3.14.